The zero-order valence-electron chi connectivity index (χ0n) is 16.4. The van der Waals surface area contributed by atoms with Crippen molar-refractivity contribution in [2.75, 3.05) is 5.32 Å². The van der Waals surface area contributed by atoms with E-state index in [0.29, 0.717) is 22.4 Å². The van der Waals surface area contributed by atoms with Crippen molar-refractivity contribution in [3.05, 3.63) is 75.1 Å². The number of benzene rings is 2. The van der Waals surface area contributed by atoms with Crippen molar-refractivity contribution in [1.82, 2.24) is 0 Å². The minimum absolute atomic E-state index is 0.0830. The number of furan rings is 1. The number of carbonyl (C=O) groups is 1. The number of aryl methyl sites for hydroxylation is 3. The quantitative estimate of drug-likeness (QED) is 0.485. The second-order valence-corrected chi connectivity index (χ2v) is 7.18. The summed E-state index contributed by atoms with van der Waals surface area (Å²) in [5, 5.41) is 4.43. The van der Waals surface area contributed by atoms with Gasteiger partial charge in [0.1, 0.15) is 22.7 Å². The van der Waals surface area contributed by atoms with Gasteiger partial charge in [-0.15, -0.1) is 0 Å². The standard InChI is InChI=1S/C23H20FNO4/c1-12-14(3)28-20-11-21-19(10-18(12)20)13(2)17(23(27)29-21)7-8-22(26)25-16-6-4-5-15(24)9-16/h4-6,9-11H,7-8H2,1-3H3,(H,25,26). The number of hydrogen-bond donors (Lipinski definition) is 1. The van der Waals surface area contributed by atoms with Crippen LogP contribution in [0.4, 0.5) is 10.1 Å². The lowest BCUT2D eigenvalue weighted by Crippen LogP contribution is -2.16. The highest BCUT2D eigenvalue weighted by Gasteiger charge is 2.16. The molecule has 0 spiro atoms. The fourth-order valence-electron chi connectivity index (χ4n) is 3.54. The van der Waals surface area contributed by atoms with Crippen LogP contribution in [0.2, 0.25) is 0 Å². The van der Waals surface area contributed by atoms with Crippen LogP contribution >= 0.6 is 0 Å². The molecule has 0 bridgehead atoms. The highest BCUT2D eigenvalue weighted by atomic mass is 19.1. The van der Waals surface area contributed by atoms with Crippen LogP contribution < -0.4 is 10.9 Å². The first-order valence-corrected chi connectivity index (χ1v) is 9.35. The number of hydrogen-bond acceptors (Lipinski definition) is 4. The molecule has 2 heterocycles. The molecule has 0 radical (unpaired) electrons. The molecule has 0 aliphatic rings. The summed E-state index contributed by atoms with van der Waals surface area (Å²) in [5.74, 6) is 0.0979. The third-order valence-corrected chi connectivity index (χ3v) is 5.29. The molecule has 1 amide bonds. The predicted molar refractivity (Wildman–Crippen MR) is 110 cm³/mol. The second-order valence-electron chi connectivity index (χ2n) is 7.18. The average molecular weight is 393 g/mol. The SMILES string of the molecule is Cc1oc2cc3oc(=O)c(CCC(=O)Nc4cccc(F)c4)c(C)c3cc2c1C. The van der Waals surface area contributed by atoms with E-state index in [9.17, 15) is 14.0 Å². The molecular weight excluding hydrogens is 373 g/mol. The molecule has 0 fully saturated rings. The largest absolute Gasteiger partial charge is 0.461 e. The van der Waals surface area contributed by atoms with Crippen LogP contribution in [-0.4, -0.2) is 5.91 Å². The first-order valence-electron chi connectivity index (χ1n) is 9.35. The number of anilines is 1. The van der Waals surface area contributed by atoms with Gasteiger partial charge >= 0.3 is 5.63 Å². The number of nitrogens with one attached hydrogen (secondary N) is 1. The van der Waals surface area contributed by atoms with Crippen LogP contribution in [0.1, 0.15) is 28.9 Å². The number of amides is 1. The van der Waals surface area contributed by atoms with Gasteiger partial charge in [-0.2, -0.15) is 0 Å². The number of fused-ring (bicyclic) bond motifs is 2. The zero-order chi connectivity index (χ0) is 20.7. The lowest BCUT2D eigenvalue weighted by molar-refractivity contribution is -0.116. The van der Waals surface area contributed by atoms with Crippen LogP contribution in [0.5, 0.6) is 0 Å². The predicted octanol–water partition coefficient (Wildman–Crippen LogP) is 5.17. The van der Waals surface area contributed by atoms with E-state index < -0.39 is 11.4 Å². The fraction of sp³-hybridized carbons (Fsp3) is 0.217. The average Bonchev–Trinajstić information content (AvgIpc) is 2.93. The van der Waals surface area contributed by atoms with Crippen LogP contribution in [0.3, 0.4) is 0 Å². The molecule has 0 atom stereocenters. The first-order chi connectivity index (χ1) is 13.8. The van der Waals surface area contributed by atoms with E-state index in [1.807, 2.05) is 26.8 Å². The highest BCUT2D eigenvalue weighted by Crippen LogP contribution is 2.31. The molecule has 0 saturated carbocycles. The maximum atomic E-state index is 13.3. The van der Waals surface area contributed by atoms with Gasteiger partial charge in [0, 0.05) is 34.5 Å². The van der Waals surface area contributed by atoms with Gasteiger partial charge in [-0.3, -0.25) is 4.79 Å². The topological polar surface area (TPSA) is 72.5 Å². The van der Waals surface area contributed by atoms with Crippen LogP contribution in [0, 0.1) is 26.6 Å². The van der Waals surface area contributed by atoms with E-state index in [-0.39, 0.29) is 18.7 Å². The minimum Gasteiger partial charge on any atom is -0.461 e. The maximum Gasteiger partial charge on any atom is 0.339 e. The van der Waals surface area contributed by atoms with Crippen molar-refractivity contribution in [2.45, 2.75) is 33.6 Å². The fourth-order valence-corrected chi connectivity index (χ4v) is 3.54. The Labute approximate surface area is 166 Å². The summed E-state index contributed by atoms with van der Waals surface area (Å²) in [6.45, 7) is 5.73. The third kappa shape index (κ3) is 3.53. The Hall–Kier alpha value is -3.41. The van der Waals surface area contributed by atoms with Gasteiger partial charge in [-0.1, -0.05) is 6.07 Å². The van der Waals surface area contributed by atoms with E-state index in [2.05, 4.69) is 5.32 Å². The van der Waals surface area contributed by atoms with Crippen LogP contribution in [0.15, 0.2) is 50.0 Å². The molecule has 5 nitrogen and oxygen atoms in total. The first kappa shape index (κ1) is 18.9. The lowest BCUT2D eigenvalue weighted by atomic mass is 10.0. The Morgan fingerprint density at radius 2 is 1.72 bits per heavy atom. The molecule has 2 aromatic carbocycles. The maximum absolute atomic E-state index is 13.3. The highest BCUT2D eigenvalue weighted by molar-refractivity contribution is 5.97. The summed E-state index contributed by atoms with van der Waals surface area (Å²) in [7, 11) is 0. The summed E-state index contributed by atoms with van der Waals surface area (Å²) >= 11 is 0. The second kappa shape index (κ2) is 7.20. The molecule has 4 aromatic rings. The van der Waals surface area contributed by atoms with Gasteiger partial charge < -0.3 is 14.2 Å². The van der Waals surface area contributed by atoms with Gasteiger partial charge in [-0.25, -0.2) is 9.18 Å². The zero-order valence-corrected chi connectivity index (χ0v) is 16.4. The smallest absolute Gasteiger partial charge is 0.339 e. The number of halogens is 1. The van der Waals surface area contributed by atoms with E-state index in [0.717, 1.165) is 27.7 Å². The molecule has 1 N–H and O–H groups in total. The van der Waals surface area contributed by atoms with Crippen molar-refractivity contribution in [3.63, 3.8) is 0 Å². The van der Waals surface area contributed by atoms with Crippen LogP contribution in [-0.2, 0) is 11.2 Å². The normalized spacial score (nSPS) is 11.3. The van der Waals surface area contributed by atoms with Crippen molar-refractivity contribution < 1.29 is 18.0 Å². The van der Waals surface area contributed by atoms with Crippen molar-refractivity contribution in [2.24, 2.45) is 0 Å². The Morgan fingerprint density at radius 1 is 1.00 bits per heavy atom. The molecule has 148 valence electrons. The molecule has 2 aromatic heterocycles. The molecular formula is C23H20FNO4. The van der Waals surface area contributed by atoms with Gasteiger partial charge in [-0.05, 0) is 62.6 Å². The molecule has 6 heteroatoms. The van der Waals surface area contributed by atoms with E-state index in [1.54, 1.807) is 12.1 Å². The monoisotopic (exact) mass is 393 g/mol. The molecule has 4 rings (SSSR count). The van der Waals surface area contributed by atoms with Gasteiger partial charge in [0.15, 0.2) is 0 Å². The van der Waals surface area contributed by atoms with E-state index >= 15 is 0 Å². The summed E-state index contributed by atoms with van der Waals surface area (Å²) < 4.78 is 24.5. The minimum atomic E-state index is -0.465. The molecule has 0 saturated heterocycles. The molecule has 0 unspecified atom stereocenters. The summed E-state index contributed by atoms with van der Waals surface area (Å²) in [6.07, 6.45) is 0.312. The van der Waals surface area contributed by atoms with Crippen LogP contribution in [0.25, 0.3) is 21.9 Å². The van der Waals surface area contributed by atoms with Crippen molar-refractivity contribution in [3.8, 4) is 0 Å². The Morgan fingerprint density at radius 3 is 2.48 bits per heavy atom. The molecule has 0 aliphatic carbocycles. The van der Waals surface area contributed by atoms with E-state index in [1.165, 1.54) is 18.2 Å². The third-order valence-electron chi connectivity index (χ3n) is 5.29. The number of carbonyl (C=O) groups excluding carboxylic acids is 1. The van der Waals surface area contributed by atoms with Gasteiger partial charge in [0.05, 0.1) is 0 Å². The lowest BCUT2D eigenvalue weighted by Gasteiger charge is -2.09. The summed E-state index contributed by atoms with van der Waals surface area (Å²) in [5.41, 5.74) is 3.35. The Bertz CT molecular complexity index is 1320. The van der Waals surface area contributed by atoms with Gasteiger partial charge in [0.2, 0.25) is 5.91 Å². The Balaban J connectivity index is 1.63. The summed E-state index contributed by atoms with van der Waals surface area (Å²) in [4.78, 5) is 24.7. The van der Waals surface area contributed by atoms with E-state index in [4.69, 9.17) is 8.83 Å². The summed E-state index contributed by atoms with van der Waals surface area (Å²) in [6, 6.07) is 9.38. The van der Waals surface area contributed by atoms with Crippen molar-refractivity contribution in [1.29, 1.82) is 0 Å². The molecule has 0 aliphatic heterocycles. The molecule has 29 heavy (non-hydrogen) atoms. The Kier molecular flexibility index (Phi) is 4.70. The number of rotatable bonds is 4. The van der Waals surface area contributed by atoms with Gasteiger partial charge in [0.25, 0.3) is 0 Å². The van der Waals surface area contributed by atoms with Crippen molar-refractivity contribution >= 4 is 33.5 Å².